The number of likely N-dealkylation sites (N-methyl/N-ethyl adjacent to an activating group) is 1. The Balaban J connectivity index is 2.34. The first-order valence-electron chi connectivity index (χ1n) is 8.08. The second kappa shape index (κ2) is 6.50. The largest absolute Gasteiger partial charge is 0.341 e. The average molecular weight is 349 g/mol. The lowest BCUT2D eigenvalue weighted by molar-refractivity contribution is -0.131. The van der Waals surface area contributed by atoms with Gasteiger partial charge in [-0.3, -0.25) is 15.4 Å². The summed E-state index contributed by atoms with van der Waals surface area (Å²) in [4.78, 5) is 28.8. The van der Waals surface area contributed by atoms with Crippen molar-refractivity contribution in [2.24, 2.45) is 5.73 Å². The van der Waals surface area contributed by atoms with Crippen LogP contribution in [0.15, 0.2) is 54.6 Å². The van der Waals surface area contributed by atoms with E-state index < -0.39 is 17.9 Å². The second-order valence-electron chi connectivity index (χ2n) is 6.02. The van der Waals surface area contributed by atoms with Gasteiger partial charge in [0, 0.05) is 14.1 Å². The smallest absolute Gasteiger partial charge is 0.321 e. The van der Waals surface area contributed by atoms with Crippen molar-refractivity contribution in [1.82, 2.24) is 15.1 Å². The molecular weight excluding hydrogens is 330 g/mol. The molecule has 1 aliphatic heterocycles. The molecular formula is C19H19N5O2. The Labute approximate surface area is 151 Å². The summed E-state index contributed by atoms with van der Waals surface area (Å²) in [5.74, 6) is -0.315. The summed E-state index contributed by atoms with van der Waals surface area (Å²) >= 11 is 0. The fraction of sp³-hybridized carbons (Fsp3) is 0.211. The van der Waals surface area contributed by atoms with Gasteiger partial charge < -0.3 is 10.2 Å². The Kier molecular flexibility index (Phi) is 4.36. The van der Waals surface area contributed by atoms with Crippen LogP contribution in [0.3, 0.4) is 0 Å². The number of nitrogens with one attached hydrogen (secondary N) is 1. The third kappa shape index (κ3) is 2.31. The molecule has 0 spiro atoms. The monoisotopic (exact) mass is 349 g/mol. The number of carbonyl (C=O) groups is 2. The molecule has 7 nitrogen and oxygen atoms in total. The summed E-state index contributed by atoms with van der Waals surface area (Å²) in [5, 5.41) is 11.6. The Morgan fingerprint density at radius 2 is 1.73 bits per heavy atom. The minimum Gasteiger partial charge on any atom is -0.341 e. The fourth-order valence-electron chi connectivity index (χ4n) is 3.40. The maximum Gasteiger partial charge on any atom is 0.321 e. The minimum absolute atomic E-state index is 0.315. The van der Waals surface area contributed by atoms with E-state index in [1.807, 2.05) is 6.07 Å². The van der Waals surface area contributed by atoms with Gasteiger partial charge in [0.2, 0.25) is 0 Å². The Hall–Kier alpha value is -3.37. The summed E-state index contributed by atoms with van der Waals surface area (Å²) in [5.41, 5.74) is 6.45. The van der Waals surface area contributed by atoms with Crippen molar-refractivity contribution in [3.05, 3.63) is 71.3 Å². The summed E-state index contributed by atoms with van der Waals surface area (Å²) in [6.45, 7) is 0. The van der Waals surface area contributed by atoms with Gasteiger partial charge in [-0.2, -0.15) is 5.26 Å². The first-order valence-corrected chi connectivity index (χ1v) is 8.08. The van der Waals surface area contributed by atoms with E-state index in [0.717, 1.165) is 0 Å². The van der Waals surface area contributed by atoms with Crippen molar-refractivity contribution in [2.45, 2.75) is 11.8 Å². The van der Waals surface area contributed by atoms with Gasteiger partial charge in [0.05, 0.1) is 11.6 Å². The molecule has 0 aliphatic carbocycles. The van der Waals surface area contributed by atoms with Crippen LogP contribution in [0.25, 0.3) is 0 Å². The number of rotatable bonds is 2. The summed E-state index contributed by atoms with van der Waals surface area (Å²) in [6, 6.07) is 17.2. The molecule has 0 radical (unpaired) electrons. The highest BCUT2D eigenvalue weighted by Crippen LogP contribution is 2.43. The Morgan fingerprint density at radius 1 is 1.15 bits per heavy atom. The summed E-state index contributed by atoms with van der Waals surface area (Å²) < 4.78 is 0. The molecule has 2 atom stereocenters. The van der Waals surface area contributed by atoms with Crippen molar-refractivity contribution >= 4 is 11.9 Å². The molecule has 3 rings (SSSR count). The number of carbonyl (C=O) groups excluding carboxylic acids is 2. The topological polar surface area (TPSA) is 102 Å². The highest BCUT2D eigenvalue weighted by molar-refractivity contribution is 5.98. The van der Waals surface area contributed by atoms with E-state index in [-0.39, 0.29) is 5.91 Å². The van der Waals surface area contributed by atoms with Gasteiger partial charge in [-0.1, -0.05) is 42.5 Å². The lowest BCUT2D eigenvalue weighted by Crippen LogP contribution is -2.57. The third-order valence-electron chi connectivity index (χ3n) is 4.71. The molecule has 7 heteroatoms. The number of urea groups is 1. The van der Waals surface area contributed by atoms with Gasteiger partial charge in [-0.05, 0) is 23.3 Å². The summed E-state index contributed by atoms with van der Waals surface area (Å²) in [7, 11) is 3.06. The normalized spacial score (nSPS) is 22.2. The van der Waals surface area contributed by atoms with Crippen LogP contribution >= 0.6 is 0 Å². The molecule has 0 unspecified atom stereocenters. The maximum atomic E-state index is 13.4. The van der Waals surface area contributed by atoms with Crippen molar-refractivity contribution in [3.8, 4) is 6.07 Å². The van der Waals surface area contributed by atoms with E-state index in [4.69, 9.17) is 11.0 Å². The number of hydrogen-bond donors (Lipinski definition) is 2. The number of nitrogens with zero attached hydrogens (tertiary/aromatic N) is 3. The lowest BCUT2D eigenvalue weighted by atomic mass is 9.81. The number of nitriles is 1. The Bertz CT molecular complexity index is 875. The van der Waals surface area contributed by atoms with Gasteiger partial charge in [-0.25, -0.2) is 4.79 Å². The van der Waals surface area contributed by atoms with Gasteiger partial charge >= 0.3 is 6.03 Å². The second-order valence-corrected chi connectivity index (χ2v) is 6.02. The number of amides is 3. The molecule has 1 aliphatic rings. The molecule has 2 aromatic rings. The number of hydrogen-bond acceptors (Lipinski definition) is 4. The van der Waals surface area contributed by atoms with E-state index in [1.54, 1.807) is 55.6 Å². The zero-order valence-corrected chi connectivity index (χ0v) is 14.5. The van der Waals surface area contributed by atoms with E-state index in [0.29, 0.717) is 16.7 Å². The van der Waals surface area contributed by atoms with Gasteiger partial charge in [0.1, 0.15) is 0 Å². The molecule has 1 heterocycles. The molecule has 1 fully saturated rings. The van der Waals surface area contributed by atoms with E-state index in [9.17, 15) is 9.59 Å². The standard InChI is InChI=1S/C19H19N5O2/c1-22-18(26)24-17(21)23(2)16(25)19(24,14-6-4-3-5-7-14)15-10-8-13(12-20)9-11-15/h3-11,17H,21H2,1-2H3,(H,22,26)/t17-,19-/m0/s1. The molecule has 3 N–H and O–H groups in total. The quantitative estimate of drug-likeness (QED) is 0.849. The third-order valence-corrected chi connectivity index (χ3v) is 4.71. The van der Waals surface area contributed by atoms with Crippen molar-refractivity contribution in [3.63, 3.8) is 0 Å². The van der Waals surface area contributed by atoms with Crippen LogP contribution in [0.1, 0.15) is 16.7 Å². The number of benzene rings is 2. The zero-order chi connectivity index (χ0) is 18.9. The molecule has 0 saturated carbocycles. The van der Waals surface area contributed by atoms with Crippen LogP contribution < -0.4 is 11.1 Å². The van der Waals surface area contributed by atoms with Gasteiger partial charge in [-0.15, -0.1) is 0 Å². The van der Waals surface area contributed by atoms with Crippen molar-refractivity contribution in [2.75, 3.05) is 14.1 Å². The highest BCUT2D eigenvalue weighted by atomic mass is 16.2. The van der Waals surface area contributed by atoms with E-state index in [2.05, 4.69) is 11.4 Å². The molecule has 1 saturated heterocycles. The van der Waals surface area contributed by atoms with Crippen LogP contribution in [-0.2, 0) is 10.3 Å². The SMILES string of the molecule is CNC(=O)N1[C@@H](N)N(C)C(=O)[C@]1(c1ccccc1)c1ccc(C#N)cc1. The average Bonchev–Trinajstić information content (AvgIpc) is 2.90. The maximum absolute atomic E-state index is 13.4. The van der Waals surface area contributed by atoms with Crippen LogP contribution in [0.5, 0.6) is 0 Å². The lowest BCUT2D eigenvalue weighted by Gasteiger charge is -2.37. The van der Waals surface area contributed by atoms with Gasteiger partial charge in [0.25, 0.3) is 5.91 Å². The fourth-order valence-corrected chi connectivity index (χ4v) is 3.40. The molecule has 3 amide bonds. The zero-order valence-electron chi connectivity index (χ0n) is 14.5. The molecule has 132 valence electrons. The van der Waals surface area contributed by atoms with Crippen LogP contribution in [0.2, 0.25) is 0 Å². The van der Waals surface area contributed by atoms with E-state index >= 15 is 0 Å². The molecule has 0 aromatic heterocycles. The number of nitrogens with two attached hydrogens (primary N) is 1. The Morgan fingerprint density at radius 3 is 2.27 bits per heavy atom. The minimum atomic E-state index is -1.41. The molecule has 26 heavy (non-hydrogen) atoms. The van der Waals surface area contributed by atoms with Gasteiger partial charge in [0.15, 0.2) is 11.8 Å². The van der Waals surface area contributed by atoms with Crippen LogP contribution in [0, 0.1) is 11.3 Å². The molecule has 2 aromatic carbocycles. The predicted octanol–water partition coefficient (Wildman–Crippen LogP) is 1.16. The first-order chi connectivity index (χ1) is 12.5. The summed E-state index contributed by atoms with van der Waals surface area (Å²) in [6.07, 6.45) is -0.932. The highest BCUT2D eigenvalue weighted by Gasteiger charge is 2.59. The van der Waals surface area contributed by atoms with Crippen molar-refractivity contribution in [1.29, 1.82) is 5.26 Å². The van der Waals surface area contributed by atoms with Crippen molar-refractivity contribution < 1.29 is 9.59 Å². The van der Waals surface area contributed by atoms with Crippen LogP contribution in [-0.4, -0.2) is 42.1 Å². The van der Waals surface area contributed by atoms with Crippen LogP contribution in [0.4, 0.5) is 4.79 Å². The first kappa shape index (κ1) is 17.5. The molecule has 0 bridgehead atoms. The predicted molar refractivity (Wildman–Crippen MR) is 95.4 cm³/mol. The van der Waals surface area contributed by atoms with E-state index in [1.165, 1.54) is 16.8 Å².